The summed E-state index contributed by atoms with van der Waals surface area (Å²) in [6.45, 7) is -0.0916. The fourth-order valence-electron chi connectivity index (χ4n) is 6.45. The lowest BCUT2D eigenvalue weighted by Crippen LogP contribution is -2.73. The summed E-state index contributed by atoms with van der Waals surface area (Å²) in [5.74, 6) is 2.76. The minimum Gasteiger partial charge on any atom is -0.497 e. The summed E-state index contributed by atoms with van der Waals surface area (Å²) in [7, 11) is 6.36. The van der Waals surface area contributed by atoms with Crippen LogP contribution in [-0.4, -0.2) is 63.1 Å². The Hall–Kier alpha value is -5.90. The Morgan fingerprint density at radius 1 is 0.479 bits per heavy atom. The fourth-order valence-corrected chi connectivity index (χ4v) is 6.45. The van der Waals surface area contributed by atoms with Gasteiger partial charge in [0.25, 0.3) is 11.8 Å². The first-order chi connectivity index (χ1) is 23.3. The van der Waals surface area contributed by atoms with Gasteiger partial charge in [0.1, 0.15) is 34.5 Å². The maximum absolute atomic E-state index is 14.4. The van der Waals surface area contributed by atoms with Gasteiger partial charge in [-0.2, -0.15) is 0 Å². The van der Waals surface area contributed by atoms with Crippen LogP contribution in [0.2, 0.25) is 0 Å². The molecule has 1 saturated heterocycles. The Balaban J connectivity index is 1.39. The van der Waals surface area contributed by atoms with Gasteiger partial charge in [-0.15, -0.1) is 0 Å². The molecule has 2 amide bonds. The third kappa shape index (κ3) is 5.06. The highest BCUT2D eigenvalue weighted by molar-refractivity contribution is 5.98. The second-order valence-electron chi connectivity index (χ2n) is 11.6. The predicted octanol–water partition coefficient (Wildman–Crippen LogP) is 5.54. The minimum atomic E-state index is -1.41. The summed E-state index contributed by atoms with van der Waals surface area (Å²) < 4.78 is 35.3. The van der Waals surface area contributed by atoms with Crippen molar-refractivity contribution in [2.75, 3.05) is 41.5 Å². The first-order valence-corrected chi connectivity index (χ1v) is 15.3. The molecule has 0 radical (unpaired) electrons. The molecule has 48 heavy (non-hydrogen) atoms. The zero-order valence-corrected chi connectivity index (χ0v) is 27.0. The molecule has 0 N–H and O–H groups in total. The van der Waals surface area contributed by atoms with Crippen LogP contribution in [0.15, 0.2) is 109 Å². The number of nitrogens with zero attached hydrogens (tertiary/aromatic N) is 2. The van der Waals surface area contributed by atoms with E-state index in [1.165, 1.54) is 12.2 Å². The summed E-state index contributed by atoms with van der Waals surface area (Å²) in [4.78, 5) is 32.1. The Morgan fingerprint density at radius 2 is 0.771 bits per heavy atom. The first kappa shape index (κ1) is 30.7. The minimum absolute atomic E-state index is 0.0458. The monoisotopic (exact) mass is 646 g/mol. The quantitative estimate of drug-likeness (QED) is 0.246. The van der Waals surface area contributed by atoms with Crippen LogP contribution >= 0.6 is 0 Å². The van der Waals surface area contributed by atoms with Crippen molar-refractivity contribution in [3.8, 4) is 23.0 Å². The van der Waals surface area contributed by atoms with Crippen molar-refractivity contribution in [1.29, 1.82) is 0 Å². The highest BCUT2D eigenvalue weighted by atomic mass is 16.5. The van der Waals surface area contributed by atoms with E-state index < -0.39 is 11.4 Å². The second-order valence-corrected chi connectivity index (χ2v) is 11.6. The molecule has 10 nitrogen and oxygen atoms in total. The van der Waals surface area contributed by atoms with Crippen LogP contribution in [0, 0.1) is 0 Å². The number of benzene rings is 4. The van der Waals surface area contributed by atoms with Crippen LogP contribution in [0.25, 0.3) is 11.5 Å². The van der Waals surface area contributed by atoms with E-state index >= 15 is 0 Å². The van der Waals surface area contributed by atoms with Crippen molar-refractivity contribution in [2.24, 2.45) is 0 Å². The molecule has 3 heterocycles. The average molecular weight is 647 g/mol. The lowest BCUT2D eigenvalue weighted by atomic mass is 9.87. The molecular weight excluding hydrogens is 612 g/mol. The van der Waals surface area contributed by atoms with Gasteiger partial charge in [-0.25, -0.2) is 0 Å². The lowest BCUT2D eigenvalue weighted by Gasteiger charge is -2.59. The van der Waals surface area contributed by atoms with Gasteiger partial charge in [-0.1, -0.05) is 0 Å². The van der Waals surface area contributed by atoms with Crippen molar-refractivity contribution < 1.29 is 38.0 Å². The molecule has 3 aliphatic heterocycles. The van der Waals surface area contributed by atoms with Crippen LogP contribution < -0.4 is 18.9 Å². The Kier molecular flexibility index (Phi) is 7.71. The van der Waals surface area contributed by atoms with E-state index in [0.717, 1.165) is 0 Å². The first-order valence-electron chi connectivity index (χ1n) is 15.3. The normalized spacial score (nSPS) is 21.5. The van der Waals surface area contributed by atoms with E-state index in [1.54, 1.807) is 62.5 Å². The van der Waals surface area contributed by atoms with Crippen molar-refractivity contribution >= 4 is 23.3 Å². The summed E-state index contributed by atoms with van der Waals surface area (Å²) in [6.07, 6.45) is 2.96. The Morgan fingerprint density at radius 3 is 1.06 bits per heavy atom. The molecule has 10 heteroatoms. The van der Waals surface area contributed by atoms with Crippen LogP contribution in [0.4, 0.5) is 0 Å². The molecule has 2 unspecified atom stereocenters. The average Bonchev–Trinajstić information content (AvgIpc) is 3.14. The molecule has 3 aliphatic rings. The smallest absolute Gasteiger partial charge is 0.253 e. The van der Waals surface area contributed by atoms with E-state index in [-0.39, 0.29) is 24.9 Å². The van der Waals surface area contributed by atoms with Gasteiger partial charge < -0.3 is 28.4 Å². The number of ether oxygens (including phenoxy) is 6. The number of carbonyl (C=O) groups excluding carboxylic acids is 2. The highest BCUT2D eigenvalue weighted by Gasteiger charge is 2.62. The third-order valence-corrected chi connectivity index (χ3v) is 9.05. The van der Waals surface area contributed by atoms with E-state index in [1.807, 2.05) is 72.8 Å². The summed E-state index contributed by atoms with van der Waals surface area (Å²) in [5.41, 5.74) is -0.117. The maximum Gasteiger partial charge on any atom is 0.253 e. The summed E-state index contributed by atoms with van der Waals surface area (Å²) in [6, 6.07) is 29.2. The summed E-state index contributed by atoms with van der Waals surface area (Å²) in [5, 5.41) is 0. The molecule has 4 aromatic rings. The van der Waals surface area contributed by atoms with Crippen molar-refractivity contribution in [3.05, 3.63) is 131 Å². The van der Waals surface area contributed by atoms with Gasteiger partial charge in [0.15, 0.2) is 0 Å². The van der Waals surface area contributed by atoms with E-state index in [4.69, 9.17) is 28.4 Å². The van der Waals surface area contributed by atoms with E-state index in [9.17, 15) is 9.59 Å². The molecule has 2 atom stereocenters. The Bertz CT molecular complexity index is 1760. The van der Waals surface area contributed by atoms with E-state index in [2.05, 4.69) is 0 Å². The number of rotatable bonds is 8. The predicted molar refractivity (Wildman–Crippen MR) is 177 cm³/mol. The number of methoxy groups -OCH3 is 4. The number of piperazine rings is 1. The van der Waals surface area contributed by atoms with Crippen LogP contribution in [0.3, 0.4) is 0 Å². The number of carbonyl (C=O) groups is 2. The van der Waals surface area contributed by atoms with Gasteiger partial charge in [-0.05, 0) is 97.1 Å². The third-order valence-electron chi connectivity index (χ3n) is 9.05. The molecule has 1 fully saturated rings. The molecular formula is C38H34N2O8. The molecule has 0 bridgehead atoms. The number of hydrogen-bond donors (Lipinski definition) is 0. The highest BCUT2D eigenvalue weighted by Crippen LogP contribution is 2.51. The molecule has 7 rings (SSSR count). The van der Waals surface area contributed by atoms with Crippen molar-refractivity contribution in [3.63, 3.8) is 0 Å². The largest absolute Gasteiger partial charge is 0.497 e. The molecule has 0 aromatic heterocycles. The second kappa shape index (κ2) is 12.0. The topological polar surface area (TPSA) is 96.0 Å². The van der Waals surface area contributed by atoms with Gasteiger partial charge in [0.05, 0.1) is 41.5 Å². The number of hydrogen-bond acceptors (Lipinski definition) is 8. The van der Waals surface area contributed by atoms with Crippen LogP contribution in [0.5, 0.6) is 23.0 Å². The zero-order chi connectivity index (χ0) is 33.5. The van der Waals surface area contributed by atoms with Gasteiger partial charge >= 0.3 is 0 Å². The molecule has 4 aromatic carbocycles. The van der Waals surface area contributed by atoms with Crippen LogP contribution in [-0.2, 0) is 30.5 Å². The van der Waals surface area contributed by atoms with E-state index in [0.29, 0.717) is 56.8 Å². The molecule has 0 saturated carbocycles. The number of amides is 2. The molecule has 0 spiro atoms. The van der Waals surface area contributed by atoms with Crippen LogP contribution in [0.1, 0.15) is 22.3 Å². The summed E-state index contributed by atoms with van der Waals surface area (Å²) >= 11 is 0. The molecule has 244 valence electrons. The molecule has 0 aliphatic carbocycles. The van der Waals surface area contributed by atoms with Gasteiger partial charge in [-0.3, -0.25) is 19.4 Å². The zero-order valence-electron chi connectivity index (χ0n) is 27.0. The van der Waals surface area contributed by atoms with Crippen molar-refractivity contribution in [1.82, 2.24) is 9.80 Å². The SMILES string of the molecule is COc1ccc(C2=CC(=O)N3CC4(c5ccc(OC)cc5)OC(c5ccc(OC)cc5)=CC(=O)N4CC3(c3ccc(OC)cc3)O2)cc1. The lowest BCUT2D eigenvalue weighted by molar-refractivity contribution is -0.248. The van der Waals surface area contributed by atoms with Gasteiger partial charge in [0.2, 0.25) is 11.4 Å². The maximum atomic E-state index is 14.4. The number of fused-ring (bicyclic) bond motifs is 2. The Labute approximate surface area is 278 Å². The standard InChI is InChI=1S/C38H34N2O8/c1-43-29-13-5-25(6-14-29)33-21-35(41)39-24-38(28-11-19-32(46-4)20-12-28)40(23-37(39,47-33)27-9-17-31(45-3)18-10-27)36(42)22-34(48-38)26-7-15-30(44-2)16-8-26/h5-22H,23-24H2,1-4H3. The van der Waals surface area contributed by atoms with Gasteiger partial charge in [0, 0.05) is 34.4 Å². The fraction of sp³-hybridized carbons (Fsp3) is 0.211. The van der Waals surface area contributed by atoms with Crippen molar-refractivity contribution in [2.45, 2.75) is 11.4 Å².